The van der Waals surface area contributed by atoms with Gasteiger partial charge in [0.15, 0.2) is 5.76 Å². The molecule has 27 heavy (non-hydrogen) atoms. The number of anilines is 1. The topological polar surface area (TPSA) is 19.6 Å². The van der Waals surface area contributed by atoms with Crippen LogP contribution in [-0.4, -0.2) is 37.1 Å². The predicted molar refractivity (Wildman–Crippen MR) is 116 cm³/mol. The molecule has 0 amide bonds. The zero-order valence-electron chi connectivity index (χ0n) is 15.9. The molecule has 0 spiro atoms. The number of benzene rings is 2. The van der Waals surface area contributed by atoms with Crippen LogP contribution in [0, 0.1) is 0 Å². The second-order valence-electron chi connectivity index (χ2n) is 7.30. The van der Waals surface area contributed by atoms with Crippen molar-refractivity contribution in [2.24, 2.45) is 0 Å². The minimum Gasteiger partial charge on any atom is -0.462 e. The minimum absolute atomic E-state index is 0.606. The van der Waals surface area contributed by atoms with Gasteiger partial charge in [0.1, 0.15) is 0 Å². The van der Waals surface area contributed by atoms with Crippen molar-refractivity contribution in [1.29, 1.82) is 0 Å². The van der Waals surface area contributed by atoms with Gasteiger partial charge in [-0.3, -0.25) is 4.90 Å². The standard InChI is InChI=1S/C23H25BrN2O/c1-17(2)25-12-14-26(15-13-25)22-11-16-27-23(22)21-6-4-3-5-20(21)18-7-9-19(24)10-8-18/h3-11,16-17H,12-15H2,1-2H3. The third-order valence-corrected chi connectivity index (χ3v) is 5.89. The second-order valence-corrected chi connectivity index (χ2v) is 8.22. The first kappa shape index (κ1) is 18.3. The van der Waals surface area contributed by atoms with E-state index >= 15 is 0 Å². The first-order valence-corrected chi connectivity index (χ1v) is 10.3. The highest BCUT2D eigenvalue weighted by Crippen LogP contribution is 2.39. The summed E-state index contributed by atoms with van der Waals surface area (Å²) in [5.74, 6) is 0.964. The first-order valence-electron chi connectivity index (χ1n) is 9.55. The van der Waals surface area contributed by atoms with Crippen LogP contribution in [0.15, 0.2) is 69.8 Å². The Hall–Kier alpha value is -2.04. The third-order valence-electron chi connectivity index (χ3n) is 5.36. The molecule has 0 N–H and O–H groups in total. The number of nitrogens with zero attached hydrogens (tertiary/aromatic N) is 2. The number of rotatable bonds is 4. The number of halogens is 1. The van der Waals surface area contributed by atoms with E-state index in [9.17, 15) is 0 Å². The van der Waals surface area contributed by atoms with E-state index in [1.54, 1.807) is 0 Å². The lowest BCUT2D eigenvalue weighted by Gasteiger charge is -2.37. The van der Waals surface area contributed by atoms with Gasteiger partial charge in [0, 0.05) is 48.3 Å². The van der Waals surface area contributed by atoms with Crippen molar-refractivity contribution in [3.05, 3.63) is 65.3 Å². The van der Waals surface area contributed by atoms with E-state index in [2.05, 4.69) is 94.2 Å². The number of hydrogen-bond acceptors (Lipinski definition) is 3. The Labute approximate surface area is 169 Å². The highest BCUT2D eigenvalue weighted by atomic mass is 79.9. The minimum atomic E-state index is 0.606. The molecule has 0 unspecified atom stereocenters. The molecule has 1 saturated heterocycles. The maximum Gasteiger partial charge on any atom is 0.157 e. The predicted octanol–water partition coefficient (Wildman–Crippen LogP) is 5.91. The summed E-state index contributed by atoms with van der Waals surface area (Å²) in [4.78, 5) is 4.99. The van der Waals surface area contributed by atoms with Gasteiger partial charge in [-0.25, -0.2) is 0 Å². The van der Waals surface area contributed by atoms with Gasteiger partial charge in [-0.15, -0.1) is 0 Å². The monoisotopic (exact) mass is 424 g/mol. The van der Waals surface area contributed by atoms with Crippen molar-refractivity contribution in [3.8, 4) is 22.5 Å². The molecule has 1 aliphatic rings. The van der Waals surface area contributed by atoms with E-state index in [-0.39, 0.29) is 0 Å². The summed E-state index contributed by atoms with van der Waals surface area (Å²) >= 11 is 3.52. The quantitative estimate of drug-likeness (QED) is 0.519. The van der Waals surface area contributed by atoms with E-state index in [0.717, 1.165) is 42.0 Å². The van der Waals surface area contributed by atoms with Crippen molar-refractivity contribution >= 4 is 21.6 Å². The molecule has 1 aliphatic heterocycles. The van der Waals surface area contributed by atoms with E-state index in [1.165, 1.54) is 16.8 Å². The van der Waals surface area contributed by atoms with Gasteiger partial charge in [0.2, 0.25) is 0 Å². The molecule has 0 atom stereocenters. The lowest BCUT2D eigenvalue weighted by atomic mass is 9.97. The van der Waals surface area contributed by atoms with Crippen LogP contribution in [0.5, 0.6) is 0 Å². The SMILES string of the molecule is CC(C)N1CCN(c2ccoc2-c2ccccc2-c2ccc(Br)cc2)CC1. The van der Waals surface area contributed by atoms with Gasteiger partial charge >= 0.3 is 0 Å². The van der Waals surface area contributed by atoms with Gasteiger partial charge in [-0.1, -0.05) is 52.3 Å². The van der Waals surface area contributed by atoms with Gasteiger partial charge in [0.25, 0.3) is 0 Å². The molecular formula is C23H25BrN2O. The van der Waals surface area contributed by atoms with Crippen LogP contribution >= 0.6 is 15.9 Å². The molecule has 140 valence electrons. The fourth-order valence-corrected chi connectivity index (χ4v) is 4.06. The molecule has 1 fully saturated rings. The van der Waals surface area contributed by atoms with Gasteiger partial charge in [-0.05, 0) is 37.1 Å². The first-order chi connectivity index (χ1) is 13.1. The molecule has 3 aromatic rings. The highest BCUT2D eigenvalue weighted by Gasteiger charge is 2.23. The Bertz CT molecular complexity index is 893. The van der Waals surface area contributed by atoms with E-state index < -0.39 is 0 Å². The molecule has 0 aliphatic carbocycles. The number of piperazine rings is 1. The summed E-state index contributed by atoms with van der Waals surface area (Å²) in [6, 6.07) is 19.7. The lowest BCUT2D eigenvalue weighted by molar-refractivity contribution is 0.209. The van der Waals surface area contributed by atoms with Gasteiger partial charge < -0.3 is 9.32 Å². The Morgan fingerprint density at radius 3 is 2.19 bits per heavy atom. The van der Waals surface area contributed by atoms with Crippen LogP contribution in [0.2, 0.25) is 0 Å². The Morgan fingerprint density at radius 2 is 1.52 bits per heavy atom. The highest BCUT2D eigenvalue weighted by molar-refractivity contribution is 9.10. The Kier molecular flexibility index (Phi) is 5.37. The molecule has 2 aromatic carbocycles. The van der Waals surface area contributed by atoms with Crippen LogP contribution in [0.3, 0.4) is 0 Å². The Balaban J connectivity index is 1.67. The molecular weight excluding hydrogens is 400 g/mol. The molecule has 4 heteroatoms. The van der Waals surface area contributed by atoms with Gasteiger partial charge in [-0.2, -0.15) is 0 Å². The van der Waals surface area contributed by atoms with E-state index in [4.69, 9.17) is 4.42 Å². The number of furan rings is 1. The zero-order valence-corrected chi connectivity index (χ0v) is 17.4. The van der Waals surface area contributed by atoms with Crippen LogP contribution in [-0.2, 0) is 0 Å². The third kappa shape index (κ3) is 3.83. The van der Waals surface area contributed by atoms with Crippen LogP contribution < -0.4 is 4.90 Å². The maximum absolute atomic E-state index is 6.00. The maximum atomic E-state index is 6.00. The zero-order chi connectivity index (χ0) is 18.8. The molecule has 0 bridgehead atoms. The molecule has 4 rings (SSSR count). The fraction of sp³-hybridized carbons (Fsp3) is 0.304. The molecule has 0 radical (unpaired) electrons. The molecule has 0 saturated carbocycles. The van der Waals surface area contributed by atoms with Crippen molar-refractivity contribution in [1.82, 2.24) is 4.90 Å². The van der Waals surface area contributed by atoms with Gasteiger partial charge in [0.05, 0.1) is 12.0 Å². The smallest absolute Gasteiger partial charge is 0.157 e. The summed E-state index contributed by atoms with van der Waals surface area (Å²) in [5.41, 5.74) is 4.73. The van der Waals surface area contributed by atoms with E-state index in [1.807, 2.05) is 6.26 Å². The molecule has 1 aromatic heterocycles. The Morgan fingerprint density at radius 1 is 0.852 bits per heavy atom. The van der Waals surface area contributed by atoms with E-state index in [0.29, 0.717) is 6.04 Å². The average Bonchev–Trinajstić information content (AvgIpc) is 3.18. The van der Waals surface area contributed by atoms with Crippen molar-refractivity contribution in [2.45, 2.75) is 19.9 Å². The second kappa shape index (κ2) is 7.91. The lowest BCUT2D eigenvalue weighted by Crippen LogP contribution is -2.48. The largest absolute Gasteiger partial charge is 0.462 e. The van der Waals surface area contributed by atoms with Crippen molar-refractivity contribution in [2.75, 3.05) is 31.1 Å². The van der Waals surface area contributed by atoms with Crippen LogP contribution in [0.1, 0.15) is 13.8 Å². The summed E-state index contributed by atoms with van der Waals surface area (Å²) in [6.07, 6.45) is 1.82. The fourth-order valence-electron chi connectivity index (χ4n) is 3.79. The molecule has 2 heterocycles. The van der Waals surface area contributed by atoms with Crippen LogP contribution in [0.25, 0.3) is 22.5 Å². The number of hydrogen-bond donors (Lipinski definition) is 0. The average molecular weight is 425 g/mol. The molecule has 3 nitrogen and oxygen atoms in total. The van der Waals surface area contributed by atoms with Crippen molar-refractivity contribution < 1.29 is 4.42 Å². The van der Waals surface area contributed by atoms with Crippen molar-refractivity contribution in [3.63, 3.8) is 0 Å². The summed E-state index contributed by atoms with van der Waals surface area (Å²) in [5, 5.41) is 0. The summed E-state index contributed by atoms with van der Waals surface area (Å²) < 4.78 is 7.09. The summed E-state index contributed by atoms with van der Waals surface area (Å²) in [7, 11) is 0. The summed E-state index contributed by atoms with van der Waals surface area (Å²) in [6.45, 7) is 8.80. The normalized spacial score (nSPS) is 15.5. The van der Waals surface area contributed by atoms with Crippen LogP contribution in [0.4, 0.5) is 5.69 Å².